The molecule has 0 aliphatic carbocycles. The first-order valence-corrected chi connectivity index (χ1v) is 9.85. The lowest BCUT2D eigenvalue weighted by molar-refractivity contribution is 0.0135. The maximum Gasteiger partial charge on any atom is 0.336 e. The van der Waals surface area contributed by atoms with Crippen LogP contribution in [0.3, 0.4) is 0 Å². The van der Waals surface area contributed by atoms with E-state index in [1.54, 1.807) is 13.2 Å². The second kappa shape index (κ2) is 7.89. The molecule has 0 radical (unpaired) electrons. The summed E-state index contributed by atoms with van der Waals surface area (Å²) in [5.74, 6) is -0.0631. The van der Waals surface area contributed by atoms with Gasteiger partial charge in [-0.1, -0.05) is 19.1 Å². The number of aromatic nitrogens is 1. The van der Waals surface area contributed by atoms with Crippen molar-refractivity contribution in [3.05, 3.63) is 59.4 Å². The number of aromatic carboxylic acids is 1. The molecular weight excluding hydrogens is 368 g/mol. The molecular formula is C23H26N2O4. The molecule has 2 aromatic heterocycles. The predicted octanol–water partition coefficient (Wildman–Crippen LogP) is 3.71. The first-order chi connectivity index (χ1) is 14.0. The van der Waals surface area contributed by atoms with Crippen LogP contribution in [0.5, 0.6) is 5.75 Å². The van der Waals surface area contributed by atoms with Crippen LogP contribution < -0.4 is 10.1 Å². The first-order valence-electron chi connectivity index (χ1n) is 9.85. The van der Waals surface area contributed by atoms with Crippen LogP contribution in [0.2, 0.25) is 0 Å². The third-order valence-electron chi connectivity index (χ3n) is 5.79. The third-order valence-corrected chi connectivity index (χ3v) is 5.79. The molecule has 6 heteroatoms. The van der Waals surface area contributed by atoms with Gasteiger partial charge in [0.05, 0.1) is 25.4 Å². The molecule has 6 nitrogen and oxygen atoms in total. The molecule has 3 aromatic rings. The molecule has 1 aliphatic rings. The van der Waals surface area contributed by atoms with Gasteiger partial charge < -0.3 is 24.3 Å². The van der Waals surface area contributed by atoms with E-state index >= 15 is 0 Å². The van der Waals surface area contributed by atoms with Gasteiger partial charge in [-0.15, -0.1) is 0 Å². The second-order valence-corrected chi connectivity index (χ2v) is 7.53. The van der Waals surface area contributed by atoms with Crippen molar-refractivity contribution in [2.45, 2.75) is 25.9 Å². The van der Waals surface area contributed by atoms with Gasteiger partial charge in [-0.3, -0.25) is 0 Å². The highest BCUT2D eigenvalue weighted by Gasteiger charge is 2.27. The van der Waals surface area contributed by atoms with Gasteiger partial charge in [0, 0.05) is 42.0 Å². The quantitative estimate of drug-likeness (QED) is 0.690. The Hall–Kier alpha value is -2.83. The molecule has 0 spiro atoms. The normalized spacial score (nSPS) is 18.0. The second-order valence-electron chi connectivity index (χ2n) is 7.53. The van der Waals surface area contributed by atoms with Crippen LogP contribution in [-0.2, 0) is 4.74 Å². The van der Waals surface area contributed by atoms with Crippen LogP contribution in [0.25, 0.3) is 16.6 Å². The zero-order chi connectivity index (χ0) is 20.5. The van der Waals surface area contributed by atoms with Gasteiger partial charge in [-0.2, -0.15) is 0 Å². The first kappa shape index (κ1) is 19.5. The summed E-state index contributed by atoms with van der Waals surface area (Å²) < 4.78 is 13.3. The summed E-state index contributed by atoms with van der Waals surface area (Å²) in [6, 6.07) is 11.7. The van der Waals surface area contributed by atoms with Crippen molar-refractivity contribution in [3.8, 4) is 16.9 Å². The van der Waals surface area contributed by atoms with E-state index in [-0.39, 0.29) is 12.0 Å². The zero-order valence-electron chi connectivity index (χ0n) is 16.9. The van der Waals surface area contributed by atoms with E-state index in [2.05, 4.69) is 22.8 Å². The number of morpholine rings is 1. The summed E-state index contributed by atoms with van der Waals surface area (Å²) in [4.78, 5) is 11.9. The van der Waals surface area contributed by atoms with Gasteiger partial charge >= 0.3 is 5.97 Å². The lowest BCUT2D eigenvalue weighted by Gasteiger charge is -2.30. The highest BCUT2D eigenvalue weighted by atomic mass is 16.5. The van der Waals surface area contributed by atoms with E-state index in [9.17, 15) is 9.90 Å². The standard InChI is InChI=1S/C23H26N2O4/c1-14-20(23(26)27)11-18-10-17(16-4-6-19(28-3)7-5-16)13-25(18)22(14)15(2)21-12-24-8-9-29-21/h4-7,10-11,13,15,21,24H,8-9,12H2,1-3H3,(H,26,27). The van der Waals surface area contributed by atoms with Crippen molar-refractivity contribution < 1.29 is 19.4 Å². The van der Waals surface area contributed by atoms with Crippen LogP contribution >= 0.6 is 0 Å². The Labute approximate surface area is 170 Å². The fraction of sp³-hybridized carbons (Fsp3) is 0.348. The number of carboxylic acids is 1. The number of pyridine rings is 1. The maximum atomic E-state index is 11.9. The van der Waals surface area contributed by atoms with E-state index < -0.39 is 5.97 Å². The monoisotopic (exact) mass is 394 g/mol. The average Bonchev–Trinajstić information content (AvgIpc) is 3.17. The summed E-state index contributed by atoms with van der Waals surface area (Å²) in [6.45, 7) is 6.26. The van der Waals surface area contributed by atoms with Crippen LogP contribution in [-0.4, -0.2) is 48.4 Å². The highest BCUT2D eigenvalue weighted by molar-refractivity contribution is 5.92. The largest absolute Gasteiger partial charge is 0.497 e. The Bertz CT molecular complexity index is 1030. The zero-order valence-corrected chi connectivity index (χ0v) is 16.9. The van der Waals surface area contributed by atoms with Crippen molar-refractivity contribution in [2.24, 2.45) is 0 Å². The number of fused-ring (bicyclic) bond motifs is 1. The Morgan fingerprint density at radius 2 is 2.03 bits per heavy atom. The molecule has 2 N–H and O–H groups in total. The van der Waals surface area contributed by atoms with Crippen molar-refractivity contribution in [1.29, 1.82) is 0 Å². The highest BCUT2D eigenvalue weighted by Crippen LogP contribution is 2.33. The maximum absolute atomic E-state index is 11.9. The SMILES string of the molecule is COc1ccc(-c2cc3cc(C(=O)O)c(C)c(C(C)C4CNCCO4)n3c2)cc1. The summed E-state index contributed by atoms with van der Waals surface area (Å²) in [6.07, 6.45) is 2.08. The van der Waals surface area contributed by atoms with Gasteiger partial charge in [0.15, 0.2) is 0 Å². The number of hydrogen-bond acceptors (Lipinski definition) is 4. The molecule has 1 aromatic carbocycles. The van der Waals surface area contributed by atoms with E-state index in [1.165, 1.54) is 0 Å². The molecule has 1 aliphatic heterocycles. The Balaban J connectivity index is 1.86. The Kier molecular flexibility index (Phi) is 5.30. The van der Waals surface area contributed by atoms with E-state index in [0.717, 1.165) is 46.7 Å². The number of rotatable bonds is 5. The number of hydrogen-bond donors (Lipinski definition) is 2. The van der Waals surface area contributed by atoms with Crippen molar-refractivity contribution in [3.63, 3.8) is 0 Å². The molecule has 0 bridgehead atoms. The number of nitrogens with one attached hydrogen (secondary N) is 1. The number of carbonyl (C=O) groups is 1. The molecule has 29 heavy (non-hydrogen) atoms. The van der Waals surface area contributed by atoms with Crippen LogP contribution in [0, 0.1) is 6.92 Å². The van der Waals surface area contributed by atoms with Crippen molar-refractivity contribution in [2.75, 3.05) is 26.8 Å². The Morgan fingerprint density at radius 1 is 1.28 bits per heavy atom. The molecule has 2 atom stereocenters. The van der Waals surface area contributed by atoms with Gasteiger partial charge in [-0.05, 0) is 42.3 Å². The van der Waals surface area contributed by atoms with E-state index in [4.69, 9.17) is 9.47 Å². The van der Waals surface area contributed by atoms with Crippen LogP contribution in [0.15, 0.2) is 42.6 Å². The van der Waals surface area contributed by atoms with Gasteiger partial charge in [-0.25, -0.2) is 4.79 Å². The topological polar surface area (TPSA) is 72.2 Å². The van der Waals surface area contributed by atoms with Crippen molar-refractivity contribution >= 4 is 11.5 Å². The number of nitrogens with zero attached hydrogens (tertiary/aromatic N) is 1. The lowest BCUT2D eigenvalue weighted by atomic mass is 9.93. The van der Waals surface area contributed by atoms with E-state index in [0.29, 0.717) is 12.2 Å². The summed E-state index contributed by atoms with van der Waals surface area (Å²) in [7, 11) is 1.65. The van der Waals surface area contributed by atoms with Crippen LogP contribution in [0.4, 0.5) is 0 Å². The summed E-state index contributed by atoms with van der Waals surface area (Å²) in [5.41, 5.74) is 5.05. The molecule has 4 rings (SSSR count). The number of ether oxygens (including phenoxy) is 2. The molecule has 0 saturated carbocycles. The number of methoxy groups -OCH3 is 1. The van der Waals surface area contributed by atoms with Crippen LogP contribution in [0.1, 0.15) is 34.5 Å². The minimum Gasteiger partial charge on any atom is -0.497 e. The number of benzene rings is 1. The molecule has 1 fully saturated rings. The minimum atomic E-state index is -0.909. The molecule has 1 saturated heterocycles. The van der Waals surface area contributed by atoms with Gasteiger partial charge in [0.25, 0.3) is 0 Å². The number of carboxylic acid groups (broad SMARTS) is 1. The molecule has 0 amide bonds. The predicted molar refractivity (Wildman–Crippen MR) is 112 cm³/mol. The van der Waals surface area contributed by atoms with Crippen molar-refractivity contribution in [1.82, 2.24) is 9.72 Å². The summed E-state index contributed by atoms with van der Waals surface area (Å²) in [5, 5.41) is 13.1. The smallest absolute Gasteiger partial charge is 0.336 e. The fourth-order valence-electron chi connectivity index (χ4n) is 4.18. The fourth-order valence-corrected chi connectivity index (χ4v) is 4.18. The van der Waals surface area contributed by atoms with E-state index in [1.807, 2.05) is 37.3 Å². The molecule has 2 unspecified atom stereocenters. The summed E-state index contributed by atoms with van der Waals surface area (Å²) >= 11 is 0. The Morgan fingerprint density at radius 3 is 2.66 bits per heavy atom. The van der Waals surface area contributed by atoms with Gasteiger partial charge in [0.2, 0.25) is 0 Å². The third kappa shape index (κ3) is 3.61. The van der Waals surface area contributed by atoms with Gasteiger partial charge in [0.1, 0.15) is 5.75 Å². The lowest BCUT2D eigenvalue weighted by Crippen LogP contribution is -2.41. The average molecular weight is 394 g/mol. The minimum absolute atomic E-state index is 0.00142. The molecule has 152 valence electrons. The molecule has 3 heterocycles.